The first-order chi connectivity index (χ1) is 8.78. The van der Waals surface area contributed by atoms with Crippen molar-refractivity contribution in [2.45, 2.75) is 6.54 Å². The van der Waals surface area contributed by atoms with Crippen LogP contribution >= 0.6 is 0 Å². The number of nitrogens with zero attached hydrogens (tertiary/aromatic N) is 1. The summed E-state index contributed by atoms with van der Waals surface area (Å²) in [4.78, 5) is 4.20. The first kappa shape index (κ1) is 12.4. The van der Waals surface area contributed by atoms with E-state index >= 15 is 0 Å². The lowest BCUT2D eigenvalue weighted by molar-refractivity contribution is 0.398. The molecule has 1 heterocycles. The Kier molecular flexibility index (Phi) is 3.79. The van der Waals surface area contributed by atoms with E-state index in [1.165, 1.54) is 0 Å². The average molecular weight is 244 g/mol. The van der Waals surface area contributed by atoms with Gasteiger partial charge in [-0.2, -0.15) is 0 Å². The Morgan fingerprint density at radius 2 is 1.94 bits per heavy atom. The monoisotopic (exact) mass is 244 g/mol. The third-order valence-corrected chi connectivity index (χ3v) is 2.79. The molecule has 0 fully saturated rings. The normalized spacial score (nSPS) is 10.2. The maximum absolute atomic E-state index is 5.77. The Bertz CT molecular complexity index is 524. The zero-order valence-electron chi connectivity index (χ0n) is 10.5. The highest BCUT2D eigenvalue weighted by atomic mass is 16.5. The van der Waals surface area contributed by atoms with Crippen molar-refractivity contribution in [2.75, 3.05) is 14.2 Å². The number of rotatable bonds is 4. The molecule has 1 aromatic heterocycles. The van der Waals surface area contributed by atoms with E-state index in [-0.39, 0.29) is 0 Å². The summed E-state index contributed by atoms with van der Waals surface area (Å²) in [5.41, 5.74) is 8.87. The molecule has 0 unspecified atom stereocenters. The van der Waals surface area contributed by atoms with E-state index in [0.717, 1.165) is 22.4 Å². The van der Waals surface area contributed by atoms with Crippen LogP contribution in [0.25, 0.3) is 11.1 Å². The number of pyridine rings is 1. The van der Waals surface area contributed by atoms with Crippen LogP contribution in [0.15, 0.2) is 36.5 Å². The van der Waals surface area contributed by atoms with Gasteiger partial charge < -0.3 is 15.2 Å². The van der Waals surface area contributed by atoms with E-state index < -0.39 is 0 Å². The second-order valence-corrected chi connectivity index (χ2v) is 3.82. The molecule has 4 nitrogen and oxygen atoms in total. The molecule has 18 heavy (non-hydrogen) atoms. The molecule has 0 bridgehead atoms. The Labute approximate surface area is 106 Å². The molecular weight excluding hydrogens is 228 g/mol. The Morgan fingerprint density at radius 1 is 1.11 bits per heavy atom. The third kappa shape index (κ3) is 2.43. The minimum atomic E-state index is 0.457. The predicted octanol–water partition coefficient (Wildman–Crippen LogP) is 2.22. The molecule has 0 aliphatic heterocycles. The summed E-state index contributed by atoms with van der Waals surface area (Å²) >= 11 is 0. The summed E-state index contributed by atoms with van der Waals surface area (Å²) in [7, 11) is 3.24. The molecule has 2 rings (SSSR count). The molecule has 2 N–H and O–H groups in total. The second kappa shape index (κ2) is 5.51. The first-order valence-electron chi connectivity index (χ1n) is 5.66. The molecular formula is C14H16N2O2. The van der Waals surface area contributed by atoms with Crippen LogP contribution in [-0.4, -0.2) is 19.2 Å². The summed E-state index contributed by atoms with van der Waals surface area (Å²) in [6.07, 6.45) is 1.78. The molecule has 0 radical (unpaired) electrons. The van der Waals surface area contributed by atoms with Crippen LogP contribution in [0.2, 0.25) is 0 Å². The van der Waals surface area contributed by atoms with Crippen molar-refractivity contribution < 1.29 is 9.47 Å². The van der Waals surface area contributed by atoms with Crippen molar-refractivity contribution in [2.24, 2.45) is 5.73 Å². The SMILES string of the molecule is COc1ccc(-c2ccc(OC)nc2)c(CN)c1. The highest BCUT2D eigenvalue weighted by Gasteiger charge is 2.06. The van der Waals surface area contributed by atoms with Gasteiger partial charge >= 0.3 is 0 Å². The highest BCUT2D eigenvalue weighted by Crippen LogP contribution is 2.27. The smallest absolute Gasteiger partial charge is 0.212 e. The largest absolute Gasteiger partial charge is 0.497 e. The Hall–Kier alpha value is -2.07. The lowest BCUT2D eigenvalue weighted by Crippen LogP contribution is -2.00. The zero-order chi connectivity index (χ0) is 13.0. The number of hydrogen-bond acceptors (Lipinski definition) is 4. The van der Waals surface area contributed by atoms with Crippen molar-refractivity contribution in [3.05, 3.63) is 42.1 Å². The Morgan fingerprint density at radius 3 is 2.50 bits per heavy atom. The summed E-state index contributed by atoms with van der Waals surface area (Å²) in [5, 5.41) is 0. The van der Waals surface area contributed by atoms with Crippen molar-refractivity contribution >= 4 is 0 Å². The summed E-state index contributed by atoms with van der Waals surface area (Å²) in [6.45, 7) is 0.457. The topological polar surface area (TPSA) is 57.4 Å². The van der Waals surface area contributed by atoms with Crippen molar-refractivity contribution in [1.82, 2.24) is 4.98 Å². The molecule has 4 heteroatoms. The lowest BCUT2D eigenvalue weighted by Gasteiger charge is -2.10. The maximum atomic E-state index is 5.77. The van der Waals surface area contributed by atoms with Gasteiger partial charge in [-0.3, -0.25) is 0 Å². The van der Waals surface area contributed by atoms with Gasteiger partial charge in [-0.1, -0.05) is 6.07 Å². The molecule has 0 atom stereocenters. The number of hydrogen-bond donors (Lipinski definition) is 1. The maximum Gasteiger partial charge on any atom is 0.212 e. The molecule has 0 aliphatic rings. The second-order valence-electron chi connectivity index (χ2n) is 3.82. The van der Waals surface area contributed by atoms with Crippen molar-refractivity contribution in [3.63, 3.8) is 0 Å². The number of methoxy groups -OCH3 is 2. The van der Waals surface area contributed by atoms with Gasteiger partial charge in [-0.25, -0.2) is 4.98 Å². The minimum absolute atomic E-state index is 0.457. The molecule has 0 aliphatic carbocycles. The summed E-state index contributed by atoms with van der Waals surface area (Å²) in [5.74, 6) is 1.40. The predicted molar refractivity (Wildman–Crippen MR) is 70.7 cm³/mol. The van der Waals surface area contributed by atoms with E-state index in [9.17, 15) is 0 Å². The number of benzene rings is 1. The van der Waals surface area contributed by atoms with Gasteiger partial charge in [0.1, 0.15) is 5.75 Å². The fourth-order valence-corrected chi connectivity index (χ4v) is 1.81. The van der Waals surface area contributed by atoms with Gasteiger partial charge in [0.2, 0.25) is 5.88 Å². The molecule has 2 aromatic rings. The van der Waals surface area contributed by atoms with E-state index in [2.05, 4.69) is 4.98 Å². The average Bonchev–Trinajstić information content (AvgIpc) is 2.46. The number of nitrogens with two attached hydrogens (primary N) is 1. The third-order valence-electron chi connectivity index (χ3n) is 2.79. The van der Waals surface area contributed by atoms with E-state index in [0.29, 0.717) is 12.4 Å². The molecule has 0 saturated carbocycles. The van der Waals surface area contributed by atoms with Gasteiger partial charge in [-0.15, -0.1) is 0 Å². The summed E-state index contributed by atoms with van der Waals surface area (Å²) in [6, 6.07) is 9.65. The number of ether oxygens (including phenoxy) is 2. The van der Waals surface area contributed by atoms with Crippen LogP contribution in [-0.2, 0) is 6.54 Å². The lowest BCUT2D eigenvalue weighted by atomic mass is 10.0. The number of aromatic nitrogens is 1. The van der Waals surface area contributed by atoms with Crippen LogP contribution in [0.5, 0.6) is 11.6 Å². The van der Waals surface area contributed by atoms with Gasteiger partial charge in [0.05, 0.1) is 14.2 Å². The molecule has 1 aromatic carbocycles. The van der Waals surface area contributed by atoms with Crippen LogP contribution in [0, 0.1) is 0 Å². The van der Waals surface area contributed by atoms with E-state index in [1.807, 2.05) is 30.3 Å². The summed E-state index contributed by atoms with van der Waals surface area (Å²) < 4.78 is 10.2. The standard InChI is InChI=1S/C14H16N2O2/c1-17-12-4-5-13(11(7-12)8-15)10-3-6-14(18-2)16-9-10/h3-7,9H,8,15H2,1-2H3. The quantitative estimate of drug-likeness (QED) is 0.896. The van der Waals surface area contributed by atoms with Gasteiger partial charge in [0, 0.05) is 24.4 Å². The first-order valence-corrected chi connectivity index (χ1v) is 5.66. The minimum Gasteiger partial charge on any atom is -0.497 e. The van der Waals surface area contributed by atoms with Gasteiger partial charge in [0.25, 0.3) is 0 Å². The van der Waals surface area contributed by atoms with Crippen LogP contribution < -0.4 is 15.2 Å². The Balaban J connectivity index is 2.42. The molecule has 0 amide bonds. The van der Waals surface area contributed by atoms with Crippen LogP contribution in [0.3, 0.4) is 0 Å². The fraction of sp³-hybridized carbons (Fsp3) is 0.214. The van der Waals surface area contributed by atoms with E-state index in [4.69, 9.17) is 15.2 Å². The highest BCUT2D eigenvalue weighted by molar-refractivity contribution is 5.68. The molecule has 0 spiro atoms. The molecule has 94 valence electrons. The van der Waals surface area contributed by atoms with Crippen molar-refractivity contribution in [3.8, 4) is 22.8 Å². The zero-order valence-corrected chi connectivity index (χ0v) is 10.5. The fourth-order valence-electron chi connectivity index (χ4n) is 1.81. The van der Waals surface area contributed by atoms with Gasteiger partial charge in [-0.05, 0) is 29.3 Å². The van der Waals surface area contributed by atoms with Gasteiger partial charge in [0.15, 0.2) is 0 Å². The van der Waals surface area contributed by atoms with Crippen LogP contribution in [0.4, 0.5) is 0 Å². The van der Waals surface area contributed by atoms with Crippen molar-refractivity contribution in [1.29, 1.82) is 0 Å². The van der Waals surface area contributed by atoms with E-state index in [1.54, 1.807) is 20.4 Å². The molecule has 0 saturated heterocycles. The van der Waals surface area contributed by atoms with Crippen LogP contribution in [0.1, 0.15) is 5.56 Å².